The number of anilines is 3. The number of halogens is 2. The number of nitrogens with zero attached hydrogens (tertiary/aromatic N) is 8. The lowest BCUT2D eigenvalue weighted by Gasteiger charge is -2.38. The van der Waals surface area contributed by atoms with E-state index in [4.69, 9.17) is 21.6 Å². The lowest BCUT2D eigenvalue weighted by Crippen LogP contribution is -2.48. The summed E-state index contributed by atoms with van der Waals surface area (Å²) >= 11 is 6.11. The Bertz CT molecular complexity index is 1340. The molecule has 0 bridgehead atoms. The van der Waals surface area contributed by atoms with Crippen LogP contribution in [0, 0.1) is 22.9 Å². The zero-order valence-electron chi connectivity index (χ0n) is 22.2. The summed E-state index contributed by atoms with van der Waals surface area (Å²) in [4.78, 5) is 33.9. The highest BCUT2D eigenvalue weighted by molar-refractivity contribution is 6.31. The van der Waals surface area contributed by atoms with Gasteiger partial charge in [0.25, 0.3) is 5.69 Å². The largest absolute Gasteiger partial charge is 0.353 e. The molecule has 0 N–H and O–H groups in total. The third-order valence-corrected chi connectivity index (χ3v) is 7.55. The van der Waals surface area contributed by atoms with Crippen molar-refractivity contribution in [3.63, 3.8) is 0 Å². The van der Waals surface area contributed by atoms with Crippen LogP contribution in [0.2, 0.25) is 5.02 Å². The highest BCUT2D eigenvalue weighted by atomic mass is 35.5. The first-order chi connectivity index (χ1) is 18.8. The quantitative estimate of drug-likeness (QED) is 0.311. The Morgan fingerprint density at radius 3 is 2.31 bits per heavy atom. The number of hydrogen-bond donors (Lipinski definition) is 0. The summed E-state index contributed by atoms with van der Waals surface area (Å²) in [6.07, 6.45) is 2.44. The fourth-order valence-electron chi connectivity index (χ4n) is 5.15. The normalized spacial score (nSPS) is 16.6. The maximum Gasteiger partial charge on any atom is 0.287 e. The fourth-order valence-corrected chi connectivity index (χ4v) is 5.33. The Morgan fingerprint density at radius 2 is 1.67 bits per heavy atom. The maximum absolute atomic E-state index is 13.9. The third-order valence-electron chi connectivity index (χ3n) is 7.26. The molecule has 2 fully saturated rings. The summed E-state index contributed by atoms with van der Waals surface area (Å²) in [5, 5.41) is 11.2. The summed E-state index contributed by atoms with van der Waals surface area (Å²) < 4.78 is 13.9. The molecule has 4 heterocycles. The van der Waals surface area contributed by atoms with Crippen LogP contribution >= 0.6 is 11.6 Å². The molecule has 0 aliphatic carbocycles. The van der Waals surface area contributed by atoms with Crippen molar-refractivity contribution in [2.24, 2.45) is 0 Å². The molecule has 0 spiro atoms. The lowest BCUT2D eigenvalue weighted by atomic mass is 10.1. The van der Waals surface area contributed by atoms with E-state index in [1.807, 2.05) is 13.0 Å². The minimum atomic E-state index is -0.465. The SMILES string of the molecule is CCCN1CCN(c2nc(-c3ccc(F)c(Cl)c3)cc(N3CCN(c4ncc([N+](=O)[O-])cc4C)CC3)n2)CC1. The van der Waals surface area contributed by atoms with Crippen LogP contribution < -0.4 is 14.7 Å². The van der Waals surface area contributed by atoms with Gasteiger partial charge >= 0.3 is 0 Å². The van der Waals surface area contributed by atoms with Gasteiger partial charge in [-0.15, -0.1) is 0 Å². The summed E-state index contributed by atoms with van der Waals surface area (Å²) in [5.74, 6) is 1.76. The number of nitro groups is 1. The minimum absolute atomic E-state index is 0.00708. The van der Waals surface area contributed by atoms with Crippen molar-refractivity contribution in [3.8, 4) is 11.3 Å². The second-order valence-corrected chi connectivity index (χ2v) is 10.3. The molecular formula is C27H32ClFN8O2. The van der Waals surface area contributed by atoms with Gasteiger partial charge in [-0.2, -0.15) is 4.98 Å². The highest BCUT2D eigenvalue weighted by Gasteiger charge is 2.25. The number of pyridine rings is 1. The van der Waals surface area contributed by atoms with E-state index < -0.39 is 10.7 Å². The van der Waals surface area contributed by atoms with E-state index in [0.717, 1.165) is 61.9 Å². The smallest absolute Gasteiger partial charge is 0.287 e. The van der Waals surface area contributed by atoms with Gasteiger partial charge in [0.15, 0.2) is 0 Å². The Hall–Kier alpha value is -3.57. The zero-order chi connectivity index (χ0) is 27.5. The standard InChI is InChI=1S/C27H32ClFN8O2/c1-3-6-33-7-9-36(10-8-33)27-31-24(20-4-5-23(29)22(28)16-20)17-25(32-27)34-11-13-35(14-12-34)26-19(2)15-21(18-30-26)37(38)39/h4-5,15-18H,3,6-14H2,1-2H3. The van der Waals surface area contributed by atoms with E-state index in [9.17, 15) is 14.5 Å². The van der Waals surface area contributed by atoms with Crippen molar-refractivity contribution in [2.45, 2.75) is 20.3 Å². The molecule has 0 atom stereocenters. The van der Waals surface area contributed by atoms with Crippen molar-refractivity contribution in [1.29, 1.82) is 0 Å². The zero-order valence-corrected chi connectivity index (χ0v) is 22.9. The van der Waals surface area contributed by atoms with E-state index in [2.05, 4.69) is 31.5 Å². The highest BCUT2D eigenvalue weighted by Crippen LogP contribution is 2.30. The molecule has 5 rings (SSSR count). The maximum atomic E-state index is 13.9. The van der Waals surface area contributed by atoms with Gasteiger partial charge in [-0.3, -0.25) is 15.0 Å². The molecule has 0 amide bonds. The van der Waals surface area contributed by atoms with Crippen LogP contribution in [0.25, 0.3) is 11.3 Å². The van der Waals surface area contributed by atoms with Crippen molar-refractivity contribution in [2.75, 3.05) is 73.6 Å². The number of rotatable bonds is 7. The van der Waals surface area contributed by atoms with Gasteiger partial charge in [0, 0.05) is 70.1 Å². The predicted molar refractivity (Wildman–Crippen MR) is 151 cm³/mol. The van der Waals surface area contributed by atoms with Crippen molar-refractivity contribution in [3.05, 3.63) is 63.0 Å². The van der Waals surface area contributed by atoms with Gasteiger partial charge in [-0.1, -0.05) is 18.5 Å². The average Bonchev–Trinajstić information content (AvgIpc) is 2.95. The number of aryl methyl sites for hydroxylation is 1. The molecule has 0 radical (unpaired) electrons. The molecule has 3 aromatic rings. The molecule has 1 aromatic carbocycles. The van der Waals surface area contributed by atoms with Gasteiger partial charge in [0.1, 0.15) is 23.6 Å². The van der Waals surface area contributed by atoms with Crippen molar-refractivity contribution in [1.82, 2.24) is 19.9 Å². The summed E-state index contributed by atoms with van der Waals surface area (Å²) in [6.45, 7) is 11.5. The molecule has 10 nitrogen and oxygen atoms in total. The van der Waals surface area contributed by atoms with Crippen LogP contribution in [-0.2, 0) is 0 Å². The number of hydrogen-bond acceptors (Lipinski definition) is 9. The number of aromatic nitrogens is 3. The summed E-state index contributed by atoms with van der Waals surface area (Å²) in [6, 6.07) is 8.16. The Balaban J connectivity index is 1.39. The van der Waals surface area contributed by atoms with Crippen LogP contribution in [0.3, 0.4) is 0 Å². The Labute approximate surface area is 232 Å². The van der Waals surface area contributed by atoms with Crippen molar-refractivity contribution < 1.29 is 9.31 Å². The third kappa shape index (κ3) is 6.04. The van der Waals surface area contributed by atoms with Crippen LogP contribution in [0.4, 0.5) is 27.7 Å². The predicted octanol–water partition coefficient (Wildman–Crippen LogP) is 4.41. The molecule has 2 aliphatic rings. The second kappa shape index (κ2) is 11.7. The number of benzene rings is 1. The monoisotopic (exact) mass is 554 g/mol. The van der Waals surface area contributed by atoms with E-state index >= 15 is 0 Å². The first-order valence-corrected chi connectivity index (χ1v) is 13.6. The van der Waals surface area contributed by atoms with Gasteiger partial charge in [0.2, 0.25) is 5.95 Å². The average molecular weight is 555 g/mol. The summed E-state index contributed by atoms with van der Waals surface area (Å²) in [7, 11) is 0. The molecule has 206 valence electrons. The lowest BCUT2D eigenvalue weighted by molar-refractivity contribution is -0.385. The number of piperazine rings is 2. The Morgan fingerprint density at radius 1 is 0.974 bits per heavy atom. The van der Waals surface area contributed by atoms with Gasteiger partial charge in [-0.25, -0.2) is 14.4 Å². The van der Waals surface area contributed by atoms with Crippen LogP contribution in [0.1, 0.15) is 18.9 Å². The first-order valence-electron chi connectivity index (χ1n) is 13.2. The molecule has 0 unspecified atom stereocenters. The first kappa shape index (κ1) is 27.0. The van der Waals surface area contributed by atoms with Crippen LogP contribution in [0.15, 0.2) is 36.5 Å². The molecule has 0 saturated carbocycles. The van der Waals surface area contributed by atoms with E-state index in [1.165, 1.54) is 12.3 Å². The molecule has 12 heteroatoms. The second-order valence-electron chi connectivity index (χ2n) is 9.93. The molecule has 39 heavy (non-hydrogen) atoms. The minimum Gasteiger partial charge on any atom is -0.353 e. The Kier molecular flexibility index (Phi) is 8.08. The van der Waals surface area contributed by atoms with E-state index in [0.29, 0.717) is 37.8 Å². The molecule has 2 aliphatic heterocycles. The van der Waals surface area contributed by atoms with Gasteiger partial charge < -0.3 is 14.7 Å². The van der Waals surface area contributed by atoms with Gasteiger partial charge in [-0.05, 0) is 43.7 Å². The van der Waals surface area contributed by atoms with Crippen molar-refractivity contribution >= 4 is 34.9 Å². The molecule has 2 aromatic heterocycles. The molecular weight excluding hydrogens is 523 g/mol. The van der Waals surface area contributed by atoms with Gasteiger partial charge in [0.05, 0.1) is 15.6 Å². The van der Waals surface area contributed by atoms with Crippen LogP contribution in [-0.4, -0.2) is 83.7 Å². The van der Waals surface area contributed by atoms with E-state index in [1.54, 1.807) is 18.2 Å². The molecule has 2 saturated heterocycles. The van der Waals surface area contributed by atoms with Crippen LogP contribution in [0.5, 0.6) is 0 Å². The topological polar surface area (TPSA) is 94.8 Å². The summed E-state index contributed by atoms with van der Waals surface area (Å²) in [5.41, 5.74) is 2.20. The van der Waals surface area contributed by atoms with E-state index in [-0.39, 0.29) is 10.7 Å². The fraction of sp³-hybridized carbons (Fsp3) is 0.444.